The molecule has 4 rings (SSSR count). The fourth-order valence-electron chi connectivity index (χ4n) is 3.56. The first-order valence-electron chi connectivity index (χ1n) is 10.7. The molecule has 2 aliphatic heterocycles. The highest BCUT2D eigenvalue weighted by atomic mass is 16.6. The van der Waals surface area contributed by atoms with Crippen molar-refractivity contribution in [3.63, 3.8) is 0 Å². The predicted octanol–water partition coefficient (Wildman–Crippen LogP) is 3.43. The van der Waals surface area contributed by atoms with Gasteiger partial charge in [-0.1, -0.05) is 12.1 Å². The number of nitrogens with zero attached hydrogens (tertiary/aromatic N) is 4. The Kier molecular flexibility index (Phi) is 6.82. The first-order chi connectivity index (χ1) is 14.7. The van der Waals surface area contributed by atoms with Gasteiger partial charge in [-0.2, -0.15) is 5.10 Å². The molecular formula is C22H31N5O4. The van der Waals surface area contributed by atoms with E-state index in [1.165, 1.54) is 11.3 Å². The van der Waals surface area contributed by atoms with E-state index in [1.807, 2.05) is 52.1 Å². The van der Waals surface area contributed by atoms with Gasteiger partial charge in [-0.25, -0.2) is 9.59 Å². The first kappa shape index (κ1) is 22.6. The number of aromatic nitrogens is 2. The van der Waals surface area contributed by atoms with Crippen LogP contribution in [0.25, 0.3) is 10.9 Å². The van der Waals surface area contributed by atoms with Gasteiger partial charge in [0.15, 0.2) is 5.82 Å². The zero-order valence-electron chi connectivity index (χ0n) is 18.7. The molecule has 0 atom stereocenters. The number of benzene rings is 1. The summed E-state index contributed by atoms with van der Waals surface area (Å²) in [6, 6.07) is 7.28. The molecule has 0 aliphatic carbocycles. The van der Waals surface area contributed by atoms with Crippen molar-refractivity contribution in [2.75, 3.05) is 24.5 Å². The Morgan fingerprint density at radius 3 is 2.39 bits per heavy atom. The van der Waals surface area contributed by atoms with Gasteiger partial charge in [0.2, 0.25) is 5.91 Å². The molecule has 0 spiro atoms. The van der Waals surface area contributed by atoms with Crippen molar-refractivity contribution in [1.29, 1.82) is 0 Å². The van der Waals surface area contributed by atoms with Crippen molar-refractivity contribution in [3.05, 3.63) is 24.3 Å². The highest BCUT2D eigenvalue weighted by molar-refractivity contribution is 6.08. The lowest BCUT2D eigenvalue weighted by Gasteiger charge is -2.29. The molecule has 4 amide bonds. The summed E-state index contributed by atoms with van der Waals surface area (Å²) < 4.78 is 6.99. The number of amides is 4. The van der Waals surface area contributed by atoms with Gasteiger partial charge in [-0.3, -0.25) is 19.7 Å². The Bertz CT molecular complexity index is 956. The minimum absolute atomic E-state index is 0.160. The van der Waals surface area contributed by atoms with Crippen molar-refractivity contribution < 1.29 is 19.1 Å². The van der Waals surface area contributed by atoms with Crippen LogP contribution in [-0.2, 0) is 16.6 Å². The second-order valence-corrected chi connectivity index (χ2v) is 8.75. The van der Waals surface area contributed by atoms with Crippen LogP contribution in [-0.4, -0.2) is 57.9 Å². The molecule has 0 radical (unpaired) electrons. The molecule has 1 aromatic heterocycles. The number of imide groups is 1. The van der Waals surface area contributed by atoms with E-state index < -0.39 is 6.03 Å². The molecule has 2 fully saturated rings. The molecule has 0 saturated carbocycles. The quantitative estimate of drug-likeness (QED) is 0.749. The number of para-hydroxylation sites is 1. The van der Waals surface area contributed by atoms with E-state index >= 15 is 0 Å². The molecule has 2 aromatic rings. The molecule has 1 aromatic carbocycles. The standard InChI is InChI=1S/C12H12N4O2.C10H19NO2/c1-15-9-5-3-2-4-8(9)11(14-15)16-7-6-10(17)13-12(16)18;1-10(2,3)13-9(12)11-7-5-4-6-8-11/h2-5H,6-7H2,1H3,(H,13,17,18);4-8H2,1-3H3. The van der Waals surface area contributed by atoms with Crippen molar-refractivity contribution in [1.82, 2.24) is 20.0 Å². The number of nitrogens with one attached hydrogen (secondary N) is 1. The number of hydrogen-bond donors (Lipinski definition) is 1. The molecule has 168 valence electrons. The van der Waals surface area contributed by atoms with Gasteiger partial charge in [0.25, 0.3) is 0 Å². The van der Waals surface area contributed by atoms with Crippen molar-refractivity contribution in [2.24, 2.45) is 7.05 Å². The SMILES string of the molecule is CC(C)(C)OC(=O)N1CCCCC1.Cn1nc(N2CCC(=O)NC2=O)c2ccccc21. The Morgan fingerprint density at radius 2 is 1.74 bits per heavy atom. The van der Waals surface area contributed by atoms with Crippen LogP contribution in [0.15, 0.2) is 24.3 Å². The van der Waals surface area contributed by atoms with Gasteiger partial charge in [-0.15, -0.1) is 0 Å². The van der Waals surface area contributed by atoms with E-state index in [2.05, 4.69) is 10.4 Å². The molecule has 31 heavy (non-hydrogen) atoms. The van der Waals surface area contributed by atoms with E-state index in [-0.39, 0.29) is 17.6 Å². The van der Waals surface area contributed by atoms with Gasteiger partial charge >= 0.3 is 12.1 Å². The fraction of sp³-hybridized carbons (Fsp3) is 0.545. The smallest absolute Gasteiger partial charge is 0.410 e. The summed E-state index contributed by atoms with van der Waals surface area (Å²) in [4.78, 5) is 37.8. The Morgan fingerprint density at radius 1 is 1.06 bits per heavy atom. The topological polar surface area (TPSA) is 96.8 Å². The molecule has 2 saturated heterocycles. The van der Waals surface area contributed by atoms with Gasteiger partial charge < -0.3 is 9.64 Å². The molecular weight excluding hydrogens is 398 g/mol. The summed E-state index contributed by atoms with van der Waals surface area (Å²) in [5, 5.41) is 7.57. The number of likely N-dealkylation sites (tertiary alicyclic amines) is 1. The van der Waals surface area contributed by atoms with E-state index in [0.717, 1.165) is 36.8 Å². The molecule has 2 aliphatic rings. The number of aryl methyl sites for hydroxylation is 1. The van der Waals surface area contributed by atoms with Crippen molar-refractivity contribution in [2.45, 2.75) is 52.1 Å². The molecule has 0 unspecified atom stereocenters. The zero-order chi connectivity index (χ0) is 22.6. The van der Waals surface area contributed by atoms with Crippen LogP contribution in [0.1, 0.15) is 46.5 Å². The molecule has 3 heterocycles. The number of urea groups is 1. The Labute approximate surface area is 182 Å². The normalized spacial score (nSPS) is 17.2. The highest BCUT2D eigenvalue weighted by Gasteiger charge is 2.27. The molecule has 0 bridgehead atoms. The third kappa shape index (κ3) is 5.74. The summed E-state index contributed by atoms with van der Waals surface area (Å²) in [6.07, 6.45) is 3.60. The average Bonchev–Trinajstić information content (AvgIpc) is 3.05. The van der Waals surface area contributed by atoms with E-state index in [1.54, 1.807) is 9.58 Å². The molecule has 9 nitrogen and oxygen atoms in total. The third-order valence-corrected chi connectivity index (χ3v) is 5.06. The van der Waals surface area contributed by atoms with Crippen LogP contribution >= 0.6 is 0 Å². The summed E-state index contributed by atoms with van der Waals surface area (Å²) >= 11 is 0. The van der Waals surface area contributed by atoms with E-state index in [4.69, 9.17) is 4.74 Å². The number of carbonyl (C=O) groups excluding carboxylic acids is 3. The fourth-order valence-corrected chi connectivity index (χ4v) is 3.56. The monoisotopic (exact) mass is 429 g/mol. The second kappa shape index (κ2) is 9.36. The lowest BCUT2D eigenvalue weighted by atomic mass is 10.1. The van der Waals surface area contributed by atoms with Crippen LogP contribution in [0.2, 0.25) is 0 Å². The third-order valence-electron chi connectivity index (χ3n) is 5.06. The van der Waals surface area contributed by atoms with Crippen LogP contribution in [0, 0.1) is 0 Å². The number of hydrogen-bond acceptors (Lipinski definition) is 5. The van der Waals surface area contributed by atoms with Crippen LogP contribution in [0.3, 0.4) is 0 Å². The number of rotatable bonds is 1. The lowest BCUT2D eigenvalue weighted by molar-refractivity contribution is -0.120. The van der Waals surface area contributed by atoms with Crippen molar-refractivity contribution >= 4 is 34.8 Å². The first-order valence-corrected chi connectivity index (χ1v) is 10.7. The van der Waals surface area contributed by atoms with Crippen LogP contribution in [0.5, 0.6) is 0 Å². The molecule has 1 N–H and O–H groups in total. The average molecular weight is 430 g/mol. The summed E-state index contributed by atoms with van der Waals surface area (Å²) in [6.45, 7) is 7.77. The molecule has 9 heteroatoms. The maximum Gasteiger partial charge on any atom is 0.410 e. The highest BCUT2D eigenvalue weighted by Crippen LogP contribution is 2.26. The van der Waals surface area contributed by atoms with Crippen LogP contribution in [0.4, 0.5) is 15.4 Å². The number of piperidine rings is 1. The van der Waals surface area contributed by atoms with Gasteiger partial charge in [-0.05, 0) is 52.2 Å². The maximum absolute atomic E-state index is 11.8. The van der Waals surface area contributed by atoms with Crippen LogP contribution < -0.4 is 10.2 Å². The zero-order valence-corrected chi connectivity index (χ0v) is 18.7. The van der Waals surface area contributed by atoms with Gasteiger partial charge in [0, 0.05) is 38.5 Å². The van der Waals surface area contributed by atoms with Gasteiger partial charge in [0.1, 0.15) is 5.60 Å². The maximum atomic E-state index is 11.8. The number of ether oxygens (including phenoxy) is 1. The minimum Gasteiger partial charge on any atom is -0.444 e. The number of fused-ring (bicyclic) bond motifs is 1. The second-order valence-electron chi connectivity index (χ2n) is 8.75. The van der Waals surface area contributed by atoms with E-state index in [0.29, 0.717) is 18.8 Å². The number of carbonyl (C=O) groups is 3. The predicted molar refractivity (Wildman–Crippen MR) is 118 cm³/mol. The summed E-state index contributed by atoms with van der Waals surface area (Å²) in [5.41, 5.74) is 0.589. The summed E-state index contributed by atoms with van der Waals surface area (Å²) in [5.74, 6) is 0.356. The van der Waals surface area contributed by atoms with Gasteiger partial charge in [0.05, 0.1) is 5.52 Å². The largest absolute Gasteiger partial charge is 0.444 e. The van der Waals surface area contributed by atoms with E-state index in [9.17, 15) is 14.4 Å². The Balaban J connectivity index is 0.000000187. The lowest BCUT2D eigenvalue weighted by Crippen LogP contribution is -2.49. The Hall–Kier alpha value is -3.10. The minimum atomic E-state index is -0.407. The summed E-state index contributed by atoms with van der Waals surface area (Å²) in [7, 11) is 1.83. The number of anilines is 1. The van der Waals surface area contributed by atoms with Crippen molar-refractivity contribution in [3.8, 4) is 0 Å².